The summed E-state index contributed by atoms with van der Waals surface area (Å²) < 4.78 is 149. The van der Waals surface area contributed by atoms with E-state index in [2.05, 4.69) is 9.97 Å². The fraction of sp³-hybridized carbons (Fsp3) is 0.500. The standard InChI is InChI=1S/C32H32F6N6O3/c1-45-27-20-18(21(34)22(35)23(27)36)10-16(39)11-19(20)43-8-4-17-25(29(43)38)40-31(47-14-32-5-2-6-42(32)13-15(33)12-32)41-30(17)44-7-3-9-46-28-24(37)26(28)44/h4,10-11,15,24,26,28H,2-3,5-9,12-14,39H2,1H3/t15-,24-,26-,28+,32+/m1/s1/i1D3,14D2. The second kappa shape index (κ2) is 11.0. The van der Waals surface area contributed by atoms with Crippen LogP contribution in [0.2, 0.25) is 0 Å². The summed E-state index contributed by atoms with van der Waals surface area (Å²) in [6.07, 6.45) is -0.930. The maximum absolute atomic E-state index is 17.1. The highest BCUT2D eigenvalue weighted by Gasteiger charge is 2.58. The largest absolute Gasteiger partial charge is 0.493 e. The van der Waals surface area contributed by atoms with E-state index in [-0.39, 0.29) is 49.3 Å². The zero-order valence-corrected chi connectivity index (χ0v) is 24.7. The minimum absolute atomic E-state index is 0.00448. The zero-order valence-electron chi connectivity index (χ0n) is 29.7. The molecular weight excluding hydrogens is 630 g/mol. The monoisotopic (exact) mass is 667 g/mol. The molecule has 1 aromatic heterocycles. The molecule has 0 unspecified atom stereocenters. The van der Waals surface area contributed by atoms with E-state index >= 15 is 13.2 Å². The lowest BCUT2D eigenvalue weighted by Crippen LogP contribution is -2.47. The highest BCUT2D eigenvalue weighted by Crippen LogP contribution is 2.44. The van der Waals surface area contributed by atoms with Crippen LogP contribution in [0, 0.1) is 17.5 Å². The van der Waals surface area contributed by atoms with Gasteiger partial charge in [0.1, 0.15) is 30.0 Å². The van der Waals surface area contributed by atoms with Crippen LogP contribution in [-0.2, 0) is 4.74 Å². The maximum Gasteiger partial charge on any atom is 0.319 e. The number of nitrogens with two attached hydrogens (primary N) is 1. The van der Waals surface area contributed by atoms with Crippen molar-refractivity contribution in [1.29, 1.82) is 0 Å². The van der Waals surface area contributed by atoms with E-state index in [1.54, 1.807) is 9.80 Å². The van der Waals surface area contributed by atoms with E-state index in [0.717, 1.165) is 17.0 Å². The van der Waals surface area contributed by atoms with Gasteiger partial charge in [0.2, 0.25) is 11.8 Å². The van der Waals surface area contributed by atoms with Crippen molar-refractivity contribution in [3.05, 3.63) is 40.2 Å². The number of benzene rings is 2. The lowest BCUT2D eigenvalue weighted by atomic mass is 9.95. The molecule has 0 amide bonds. The molecule has 4 fully saturated rings. The Labute approximate surface area is 272 Å². The number of hydrogen-bond donors (Lipinski definition) is 1. The second-order valence-electron chi connectivity index (χ2n) is 12.4. The third-order valence-corrected chi connectivity index (χ3v) is 9.65. The van der Waals surface area contributed by atoms with Crippen molar-refractivity contribution in [3.63, 3.8) is 0 Å². The van der Waals surface area contributed by atoms with E-state index < -0.39 is 107 Å². The van der Waals surface area contributed by atoms with Crippen LogP contribution in [0.25, 0.3) is 22.8 Å². The lowest BCUT2D eigenvalue weighted by Gasteiger charge is -2.31. The number of alkyl halides is 2. The van der Waals surface area contributed by atoms with Crippen LogP contribution < -0.4 is 35.6 Å². The highest BCUT2D eigenvalue weighted by atomic mass is 19.2. The molecule has 0 spiro atoms. The number of fused-ring (bicyclic) bond motifs is 4. The number of nitrogen functional groups attached to an aromatic ring is 1. The van der Waals surface area contributed by atoms with Gasteiger partial charge in [-0.1, -0.05) is 6.08 Å². The third-order valence-electron chi connectivity index (χ3n) is 9.65. The maximum atomic E-state index is 17.1. The second-order valence-corrected chi connectivity index (χ2v) is 12.4. The van der Waals surface area contributed by atoms with Crippen molar-refractivity contribution in [1.82, 2.24) is 14.9 Å². The molecule has 15 heteroatoms. The van der Waals surface area contributed by atoms with Crippen molar-refractivity contribution in [2.24, 2.45) is 0 Å². The van der Waals surface area contributed by atoms with Gasteiger partial charge in [0, 0.05) is 49.0 Å². The molecule has 250 valence electrons. The Balaban J connectivity index is 1.32. The average Bonchev–Trinajstić information content (AvgIpc) is 3.43. The van der Waals surface area contributed by atoms with Gasteiger partial charge in [0.15, 0.2) is 23.6 Å². The van der Waals surface area contributed by atoms with Crippen molar-refractivity contribution >= 4 is 40.0 Å². The first-order chi connectivity index (χ1) is 24.5. The molecule has 0 radical (unpaired) electrons. The smallest absolute Gasteiger partial charge is 0.319 e. The van der Waals surface area contributed by atoms with Gasteiger partial charge in [-0.15, -0.1) is 0 Å². The van der Waals surface area contributed by atoms with E-state index in [1.165, 1.54) is 6.08 Å². The Morgan fingerprint density at radius 3 is 2.81 bits per heavy atom. The van der Waals surface area contributed by atoms with Gasteiger partial charge in [-0.2, -0.15) is 18.7 Å². The Bertz CT molecular complexity index is 2120. The molecule has 3 aromatic rings. The minimum atomic E-state index is -3.34. The van der Waals surface area contributed by atoms with Crippen molar-refractivity contribution < 1.29 is 47.4 Å². The normalized spacial score (nSPS) is 30.7. The number of hydrogen-bond acceptors (Lipinski definition) is 9. The van der Waals surface area contributed by atoms with Crippen molar-refractivity contribution in [2.45, 2.75) is 55.7 Å². The summed E-state index contributed by atoms with van der Waals surface area (Å²) in [6.45, 7) is -2.08. The van der Waals surface area contributed by atoms with Gasteiger partial charge in [0.25, 0.3) is 0 Å². The van der Waals surface area contributed by atoms with E-state index in [9.17, 15) is 13.2 Å². The molecule has 8 rings (SSSR count). The van der Waals surface area contributed by atoms with Crippen LogP contribution in [0.5, 0.6) is 11.8 Å². The third kappa shape index (κ3) is 4.67. The number of rotatable bonds is 6. The van der Waals surface area contributed by atoms with E-state index in [1.807, 2.05) is 0 Å². The highest BCUT2D eigenvalue weighted by molar-refractivity contribution is 6.03. The summed E-state index contributed by atoms with van der Waals surface area (Å²) in [5, 5.41) is -1.78. The molecule has 1 aliphatic carbocycles. The summed E-state index contributed by atoms with van der Waals surface area (Å²) >= 11 is 0. The molecule has 4 aliphatic heterocycles. The first kappa shape index (κ1) is 25.1. The lowest BCUT2D eigenvalue weighted by molar-refractivity contribution is 0.105. The zero-order chi connectivity index (χ0) is 37.1. The Kier molecular flexibility index (Phi) is 5.90. The van der Waals surface area contributed by atoms with Crippen LogP contribution in [0.1, 0.15) is 32.5 Å². The fourth-order valence-corrected chi connectivity index (χ4v) is 7.46. The minimum Gasteiger partial charge on any atom is -0.493 e. The molecule has 5 atom stereocenters. The molecular formula is C32H32F6N6O3. The number of methoxy groups -OCH3 is 1. The Hall–Kier alpha value is -3.98. The molecule has 3 saturated heterocycles. The summed E-state index contributed by atoms with van der Waals surface area (Å²) in [5.74, 6) is -8.15. The predicted molar refractivity (Wildman–Crippen MR) is 161 cm³/mol. The molecule has 5 heterocycles. The summed E-state index contributed by atoms with van der Waals surface area (Å²) in [6, 6.07) is 0.547. The summed E-state index contributed by atoms with van der Waals surface area (Å²) in [7, 11) is -3.34. The average molecular weight is 668 g/mol. The van der Waals surface area contributed by atoms with Crippen LogP contribution >= 0.6 is 0 Å². The van der Waals surface area contributed by atoms with Gasteiger partial charge >= 0.3 is 6.01 Å². The van der Waals surface area contributed by atoms with Gasteiger partial charge in [-0.05, 0) is 37.9 Å². The molecule has 47 heavy (non-hydrogen) atoms. The van der Waals surface area contributed by atoms with Gasteiger partial charge in [-0.3, -0.25) is 4.90 Å². The topological polar surface area (TPSA) is 89.2 Å². The first-order valence-corrected chi connectivity index (χ1v) is 15.3. The molecule has 1 saturated carbocycles. The number of nitrogens with zero attached hydrogens (tertiary/aromatic N) is 5. The Morgan fingerprint density at radius 1 is 1.13 bits per heavy atom. The first-order valence-electron chi connectivity index (χ1n) is 17.8. The van der Waals surface area contributed by atoms with Crippen molar-refractivity contribution in [2.75, 3.05) is 61.9 Å². The van der Waals surface area contributed by atoms with Crippen LogP contribution in [0.3, 0.4) is 0 Å². The molecule has 5 aliphatic rings. The van der Waals surface area contributed by atoms with Gasteiger partial charge < -0.3 is 29.7 Å². The number of aromatic nitrogens is 2. The SMILES string of the molecule is [2H]C([2H])([2H])Oc1c(F)c(F)c(F)c2cc(N)cc(N3CC=c4c(N5CCCO[C@H]6[C@H](F)[C@H]65)nc(OC([2H])([2H])[C@@]56CCCN5C[C@H](F)C6)nc4=C3F)c12. The van der Waals surface area contributed by atoms with Crippen LogP contribution in [0.15, 0.2) is 12.1 Å². The van der Waals surface area contributed by atoms with Crippen LogP contribution in [0.4, 0.5) is 43.5 Å². The van der Waals surface area contributed by atoms with E-state index in [0.29, 0.717) is 19.4 Å². The quantitative estimate of drug-likeness (QED) is 0.184. The van der Waals surface area contributed by atoms with Crippen molar-refractivity contribution in [3.8, 4) is 11.8 Å². The predicted octanol–water partition coefficient (Wildman–Crippen LogP) is 3.24. The number of ether oxygens (including phenoxy) is 3. The van der Waals surface area contributed by atoms with E-state index in [4.69, 9.17) is 26.8 Å². The fourth-order valence-electron chi connectivity index (χ4n) is 7.46. The van der Waals surface area contributed by atoms with Gasteiger partial charge in [-0.25, -0.2) is 17.6 Å². The Morgan fingerprint density at radius 2 is 1.98 bits per heavy atom. The number of anilines is 3. The molecule has 0 bridgehead atoms. The molecule has 9 nitrogen and oxygen atoms in total. The summed E-state index contributed by atoms with van der Waals surface area (Å²) in [4.78, 5) is 12.8. The number of halogens is 6. The molecule has 2 aromatic carbocycles. The van der Waals surface area contributed by atoms with Crippen LogP contribution in [-0.4, -0.2) is 91.3 Å². The molecule has 2 N–H and O–H groups in total. The van der Waals surface area contributed by atoms with Gasteiger partial charge in [0.05, 0.1) is 36.5 Å². The summed E-state index contributed by atoms with van der Waals surface area (Å²) in [5.41, 5.74) is 3.99.